The van der Waals surface area contributed by atoms with Crippen molar-refractivity contribution in [2.75, 3.05) is 18.1 Å². The molecule has 2 rings (SSSR count). The molecule has 0 aliphatic carbocycles. The number of aryl methyl sites for hydroxylation is 1. The second-order valence-electron chi connectivity index (χ2n) is 4.59. The molecule has 0 bridgehead atoms. The maximum Gasteiger partial charge on any atom is 0.265 e. The van der Waals surface area contributed by atoms with Gasteiger partial charge in [0.2, 0.25) is 0 Å². The average Bonchev–Trinajstić information content (AvgIpc) is 2.80. The average molecular weight is 290 g/mol. The van der Waals surface area contributed by atoms with Crippen molar-refractivity contribution in [3.63, 3.8) is 0 Å². The molecule has 0 aliphatic heterocycles. The van der Waals surface area contributed by atoms with E-state index in [1.807, 2.05) is 38.1 Å². The van der Waals surface area contributed by atoms with Crippen molar-refractivity contribution in [2.45, 2.75) is 19.9 Å². The Hall–Kier alpha value is -2.08. The molecular formula is C14H18N4OS. The van der Waals surface area contributed by atoms with E-state index < -0.39 is 0 Å². The molecule has 1 aromatic heterocycles. The highest BCUT2D eigenvalue weighted by atomic mass is 32.1. The van der Waals surface area contributed by atoms with Crippen LogP contribution in [0, 0.1) is 6.92 Å². The lowest BCUT2D eigenvalue weighted by atomic mass is 10.1. The number of aromatic nitrogens is 1. The highest BCUT2D eigenvalue weighted by molar-refractivity contribution is 7.18. The predicted octanol–water partition coefficient (Wildman–Crippen LogP) is 2.57. The smallest absolute Gasteiger partial charge is 0.265 e. The summed E-state index contributed by atoms with van der Waals surface area (Å²) in [6, 6.07) is 7.99. The maximum atomic E-state index is 12.2. The van der Waals surface area contributed by atoms with Crippen molar-refractivity contribution < 1.29 is 4.79 Å². The largest absolute Gasteiger partial charge is 0.382 e. The van der Waals surface area contributed by atoms with Gasteiger partial charge in [-0.1, -0.05) is 41.2 Å². The number of thiazole rings is 1. The lowest BCUT2D eigenvalue weighted by Crippen LogP contribution is -2.26. The molecule has 6 heteroatoms. The molecule has 0 fully saturated rings. The molecule has 0 spiro atoms. The number of hydrogen-bond acceptors (Lipinski definition) is 5. The number of nitrogen functional groups attached to an aromatic ring is 1. The molecule has 1 unspecified atom stereocenters. The minimum Gasteiger partial charge on any atom is -0.382 e. The van der Waals surface area contributed by atoms with Gasteiger partial charge in [-0.25, -0.2) is 4.98 Å². The lowest BCUT2D eigenvalue weighted by molar-refractivity contribution is 0.0944. The Balaban J connectivity index is 2.10. The van der Waals surface area contributed by atoms with Crippen LogP contribution in [-0.2, 0) is 0 Å². The van der Waals surface area contributed by atoms with Gasteiger partial charge in [-0.15, -0.1) is 0 Å². The Morgan fingerprint density at radius 1 is 1.35 bits per heavy atom. The normalized spacial score (nSPS) is 11.9. The van der Waals surface area contributed by atoms with E-state index in [9.17, 15) is 4.79 Å². The fourth-order valence-electron chi connectivity index (χ4n) is 1.80. The summed E-state index contributed by atoms with van der Waals surface area (Å²) in [5.41, 5.74) is 8.00. The van der Waals surface area contributed by atoms with Crippen molar-refractivity contribution in [3.05, 3.63) is 40.3 Å². The zero-order chi connectivity index (χ0) is 14.7. The van der Waals surface area contributed by atoms with Gasteiger partial charge in [-0.3, -0.25) is 4.79 Å². The highest BCUT2D eigenvalue weighted by Gasteiger charge is 2.18. The summed E-state index contributed by atoms with van der Waals surface area (Å²) >= 11 is 1.25. The molecule has 0 aliphatic rings. The topological polar surface area (TPSA) is 80.0 Å². The zero-order valence-electron chi connectivity index (χ0n) is 11.7. The van der Waals surface area contributed by atoms with E-state index in [2.05, 4.69) is 15.6 Å². The van der Waals surface area contributed by atoms with E-state index in [1.54, 1.807) is 7.05 Å². The number of hydrogen-bond donors (Lipinski definition) is 3. The number of carbonyl (C=O) groups excluding carboxylic acids is 1. The monoisotopic (exact) mass is 290 g/mol. The van der Waals surface area contributed by atoms with Gasteiger partial charge >= 0.3 is 0 Å². The van der Waals surface area contributed by atoms with Gasteiger partial charge in [0.15, 0.2) is 5.13 Å². The minimum atomic E-state index is -0.199. The second kappa shape index (κ2) is 5.92. The summed E-state index contributed by atoms with van der Waals surface area (Å²) in [6.07, 6.45) is 0. The fraction of sp³-hybridized carbons (Fsp3) is 0.286. The molecule has 5 nitrogen and oxygen atoms in total. The van der Waals surface area contributed by atoms with Crippen LogP contribution >= 0.6 is 11.3 Å². The van der Waals surface area contributed by atoms with Crippen LogP contribution in [0.1, 0.15) is 33.8 Å². The van der Waals surface area contributed by atoms with E-state index in [4.69, 9.17) is 5.73 Å². The molecule has 0 radical (unpaired) electrons. The van der Waals surface area contributed by atoms with Crippen LogP contribution in [0.2, 0.25) is 0 Å². The quantitative estimate of drug-likeness (QED) is 0.808. The SMILES string of the molecule is CNc1nc(N)c(C(=O)NC(C)c2ccc(C)cc2)s1. The zero-order valence-corrected chi connectivity index (χ0v) is 12.5. The van der Waals surface area contributed by atoms with Crippen LogP contribution in [0.15, 0.2) is 24.3 Å². The second-order valence-corrected chi connectivity index (χ2v) is 5.59. The predicted molar refractivity (Wildman–Crippen MR) is 83.1 cm³/mol. The molecule has 4 N–H and O–H groups in total. The number of benzene rings is 1. The third kappa shape index (κ3) is 3.08. The van der Waals surface area contributed by atoms with Crippen LogP contribution in [0.4, 0.5) is 10.9 Å². The van der Waals surface area contributed by atoms with E-state index >= 15 is 0 Å². The van der Waals surface area contributed by atoms with Gasteiger partial charge in [-0.2, -0.15) is 0 Å². The van der Waals surface area contributed by atoms with Crippen LogP contribution in [-0.4, -0.2) is 17.9 Å². The number of rotatable bonds is 4. The Morgan fingerprint density at radius 3 is 2.55 bits per heavy atom. The summed E-state index contributed by atoms with van der Waals surface area (Å²) in [4.78, 5) is 16.7. The Labute approximate surface area is 122 Å². The van der Waals surface area contributed by atoms with E-state index in [0.717, 1.165) is 5.56 Å². The van der Waals surface area contributed by atoms with Gasteiger partial charge in [0, 0.05) is 7.05 Å². The van der Waals surface area contributed by atoms with Crippen molar-refractivity contribution in [2.24, 2.45) is 0 Å². The number of carbonyl (C=O) groups is 1. The maximum absolute atomic E-state index is 12.2. The van der Waals surface area contributed by atoms with Crippen molar-refractivity contribution >= 4 is 28.2 Å². The van der Waals surface area contributed by atoms with Gasteiger partial charge in [0.25, 0.3) is 5.91 Å². The van der Waals surface area contributed by atoms with Gasteiger partial charge in [0.1, 0.15) is 10.7 Å². The summed E-state index contributed by atoms with van der Waals surface area (Å²) in [5, 5.41) is 6.45. The number of anilines is 2. The first-order valence-corrected chi connectivity index (χ1v) is 7.14. The molecule has 106 valence electrons. The standard InChI is InChI=1S/C14H18N4OS/c1-8-4-6-10(7-5-8)9(2)17-13(19)11-12(15)18-14(16-3)20-11/h4-7,9H,15H2,1-3H3,(H,16,18)(H,17,19). The number of nitrogens with one attached hydrogen (secondary N) is 2. The summed E-state index contributed by atoms with van der Waals surface area (Å²) < 4.78 is 0. The van der Waals surface area contributed by atoms with Gasteiger partial charge in [0.05, 0.1) is 6.04 Å². The van der Waals surface area contributed by atoms with Gasteiger partial charge < -0.3 is 16.4 Å². The molecule has 0 saturated heterocycles. The van der Waals surface area contributed by atoms with Crippen molar-refractivity contribution in [1.82, 2.24) is 10.3 Å². The summed E-state index contributed by atoms with van der Waals surface area (Å²) in [5.74, 6) is 0.0579. The first-order valence-electron chi connectivity index (χ1n) is 6.32. The van der Waals surface area contributed by atoms with Crippen LogP contribution < -0.4 is 16.4 Å². The molecule has 2 aromatic rings. The lowest BCUT2D eigenvalue weighted by Gasteiger charge is -2.14. The van der Waals surface area contributed by atoms with Gasteiger partial charge in [-0.05, 0) is 19.4 Å². The van der Waals surface area contributed by atoms with Crippen LogP contribution in [0.5, 0.6) is 0 Å². The number of nitrogens with two attached hydrogens (primary N) is 1. The van der Waals surface area contributed by atoms with Crippen molar-refractivity contribution in [3.8, 4) is 0 Å². The molecular weight excluding hydrogens is 272 g/mol. The number of nitrogens with zero attached hydrogens (tertiary/aromatic N) is 1. The molecule has 20 heavy (non-hydrogen) atoms. The molecule has 1 aromatic carbocycles. The minimum absolute atomic E-state index is 0.0809. The summed E-state index contributed by atoms with van der Waals surface area (Å²) in [7, 11) is 1.74. The Morgan fingerprint density at radius 2 is 2.00 bits per heavy atom. The van der Waals surface area contributed by atoms with Crippen molar-refractivity contribution in [1.29, 1.82) is 0 Å². The first-order chi connectivity index (χ1) is 9.51. The van der Waals surface area contributed by atoms with Crippen LogP contribution in [0.3, 0.4) is 0 Å². The Bertz CT molecular complexity index is 606. The van der Waals surface area contributed by atoms with E-state index in [-0.39, 0.29) is 17.8 Å². The van der Waals surface area contributed by atoms with E-state index in [1.165, 1.54) is 16.9 Å². The molecule has 1 amide bonds. The molecule has 0 saturated carbocycles. The van der Waals surface area contributed by atoms with Crippen LogP contribution in [0.25, 0.3) is 0 Å². The van der Waals surface area contributed by atoms with E-state index in [0.29, 0.717) is 10.0 Å². The summed E-state index contributed by atoms with van der Waals surface area (Å²) in [6.45, 7) is 3.98. The third-order valence-corrected chi connectivity index (χ3v) is 4.09. The third-order valence-electron chi connectivity index (χ3n) is 3.00. The Kier molecular flexibility index (Phi) is 4.24. The number of amides is 1. The highest BCUT2D eigenvalue weighted by Crippen LogP contribution is 2.25. The molecule has 1 heterocycles. The first kappa shape index (κ1) is 14.3. The molecule has 1 atom stereocenters. The fourth-order valence-corrected chi connectivity index (χ4v) is 2.54.